The highest BCUT2D eigenvalue weighted by Gasteiger charge is 2.64. The molecule has 2 saturated carbocycles. The minimum absolute atomic E-state index is 0. The number of esters is 1. The van der Waals surface area contributed by atoms with E-state index in [4.69, 9.17) is 28.2 Å². The van der Waals surface area contributed by atoms with Gasteiger partial charge in [-0.2, -0.15) is 0 Å². The van der Waals surface area contributed by atoms with Crippen molar-refractivity contribution in [2.45, 2.75) is 160 Å². The SMILES string of the molecule is C.C1CCOC1.C=C1C(=CCO)CC(O[Si](C)(C)C(C)(C)C)C[C@@H]1F.C=C1[C@@H](F)CC(O[Si](C)(C)C(C)(C)C)C[C@]12O[C@@H]2COC(=O)c1ccccc1. The van der Waals surface area contributed by atoms with Gasteiger partial charge < -0.3 is 28.2 Å². The van der Waals surface area contributed by atoms with Crippen molar-refractivity contribution in [3.8, 4) is 0 Å². The monoisotopic (exact) mass is 780 g/mol. The van der Waals surface area contributed by atoms with Gasteiger partial charge in [-0.1, -0.05) is 86.4 Å². The van der Waals surface area contributed by atoms with Crippen LogP contribution in [0.5, 0.6) is 0 Å². The number of ether oxygens (including phenoxy) is 3. The van der Waals surface area contributed by atoms with Gasteiger partial charge in [-0.05, 0) is 84.4 Å². The van der Waals surface area contributed by atoms with E-state index in [9.17, 15) is 13.6 Å². The van der Waals surface area contributed by atoms with Crippen molar-refractivity contribution >= 4 is 22.6 Å². The van der Waals surface area contributed by atoms with Crippen LogP contribution < -0.4 is 0 Å². The number of epoxide rings is 1. The Morgan fingerprint density at radius 2 is 1.45 bits per heavy atom. The zero-order valence-corrected chi connectivity index (χ0v) is 35.5. The Labute approximate surface area is 321 Å². The van der Waals surface area contributed by atoms with Gasteiger partial charge in [0.2, 0.25) is 0 Å². The van der Waals surface area contributed by atoms with Gasteiger partial charge in [-0.15, -0.1) is 0 Å². The summed E-state index contributed by atoms with van der Waals surface area (Å²) in [5.41, 5.74) is 1.47. The number of hydrogen-bond acceptors (Lipinski definition) is 7. The molecule has 53 heavy (non-hydrogen) atoms. The third kappa shape index (κ3) is 12.8. The molecule has 2 aliphatic carbocycles. The van der Waals surface area contributed by atoms with Crippen LogP contribution in [0.3, 0.4) is 0 Å². The molecule has 6 atom stereocenters. The molecule has 1 N–H and O–H groups in total. The molecule has 1 spiro atoms. The quantitative estimate of drug-likeness (QED) is 0.122. The van der Waals surface area contributed by atoms with Gasteiger partial charge in [-0.3, -0.25) is 0 Å². The van der Waals surface area contributed by atoms with E-state index in [1.54, 1.807) is 30.3 Å². The highest BCUT2D eigenvalue weighted by molar-refractivity contribution is 6.74. The largest absolute Gasteiger partial charge is 0.459 e. The van der Waals surface area contributed by atoms with Crippen molar-refractivity contribution in [1.29, 1.82) is 0 Å². The summed E-state index contributed by atoms with van der Waals surface area (Å²) in [5.74, 6) is -0.404. The zero-order valence-electron chi connectivity index (χ0n) is 33.5. The highest BCUT2D eigenvalue weighted by Crippen LogP contribution is 2.53. The molecule has 5 rings (SSSR count). The van der Waals surface area contributed by atoms with E-state index in [1.165, 1.54) is 12.8 Å². The van der Waals surface area contributed by atoms with E-state index >= 15 is 0 Å². The van der Waals surface area contributed by atoms with Crippen molar-refractivity contribution < 1.29 is 41.7 Å². The molecule has 2 heterocycles. The molecular weight excluding hydrogens is 711 g/mol. The minimum Gasteiger partial charge on any atom is -0.459 e. The predicted molar refractivity (Wildman–Crippen MR) is 217 cm³/mol. The summed E-state index contributed by atoms with van der Waals surface area (Å²) in [4.78, 5) is 12.2. The van der Waals surface area contributed by atoms with Gasteiger partial charge in [0.05, 0.1) is 24.4 Å². The molecule has 7 nitrogen and oxygen atoms in total. The van der Waals surface area contributed by atoms with Crippen LogP contribution in [-0.2, 0) is 23.1 Å². The second-order valence-electron chi connectivity index (χ2n) is 17.6. The molecule has 11 heteroatoms. The molecule has 0 radical (unpaired) electrons. The molecule has 4 fully saturated rings. The number of alkyl halides is 2. The molecule has 1 aromatic carbocycles. The van der Waals surface area contributed by atoms with E-state index in [0.717, 1.165) is 18.8 Å². The fraction of sp³-hybridized carbons (Fsp3) is 0.690. The summed E-state index contributed by atoms with van der Waals surface area (Å²) in [6.45, 7) is 31.5. The van der Waals surface area contributed by atoms with Crippen molar-refractivity contribution in [3.05, 3.63) is 71.8 Å². The summed E-state index contributed by atoms with van der Waals surface area (Å²) >= 11 is 0. The standard InChI is InChI=1S/C22H31FO4Si.C15H27FO2Si.C4H8O.CH4/c1-15-18(23)12-17(27-28(5,6)21(2,3)4)13-22(15)19(26-22)14-25-20(24)16-10-8-7-9-11-16;1-11-12(7-8-17)9-13(10-14(11)16)18-19(5,6)15(2,3)4;1-2-4-5-3-1;/h7-11,17-19H,1,12-14H2,2-6H3;7,13-14,17H,1,8-10H2,2-6H3;1-4H2;1H4/t17?,18-,19+,22-;13?,14-;;/m00../s1. The van der Waals surface area contributed by atoms with Crippen molar-refractivity contribution in [2.75, 3.05) is 26.4 Å². The Morgan fingerprint density at radius 3 is 1.94 bits per heavy atom. The number of allylic oxidation sites excluding steroid dienone is 1. The summed E-state index contributed by atoms with van der Waals surface area (Å²) in [5, 5.41) is 9.17. The first-order chi connectivity index (χ1) is 24.0. The van der Waals surface area contributed by atoms with Crippen LogP contribution >= 0.6 is 0 Å². The van der Waals surface area contributed by atoms with Crippen LogP contribution in [0.15, 0.2) is 66.3 Å². The van der Waals surface area contributed by atoms with E-state index in [0.29, 0.717) is 42.4 Å². The van der Waals surface area contributed by atoms with Gasteiger partial charge in [0.1, 0.15) is 30.7 Å². The average molecular weight is 781 g/mol. The lowest BCUT2D eigenvalue weighted by atomic mass is 9.80. The van der Waals surface area contributed by atoms with Crippen molar-refractivity contribution in [2.24, 2.45) is 0 Å². The third-order valence-electron chi connectivity index (χ3n) is 11.5. The fourth-order valence-corrected chi connectivity index (χ4v) is 8.82. The maximum Gasteiger partial charge on any atom is 0.338 e. The lowest BCUT2D eigenvalue weighted by Crippen LogP contribution is -2.48. The van der Waals surface area contributed by atoms with Crippen LogP contribution in [0, 0.1) is 0 Å². The maximum atomic E-state index is 14.7. The fourth-order valence-electron chi connectivity index (χ4n) is 6.09. The number of halogens is 2. The summed E-state index contributed by atoms with van der Waals surface area (Å²) in [6.07, 6.45) is 3.22. The van der Waals surface area contributed by atoms with Crippen molar-refractivity contribution in [3.63, 3.8) is 0 Å². The molecule has 0 aromatic heterocycles. The smallest absolute Gasteiger partial charge is 0.338 e. The Balaban J connectivity index is 0.000000335. The summed E-state index contributed by atoms with van der Waals surface area (Å²) in [6, 6.07) is 8.81. The molecule has 2 saturated heterocycles. The Bertz CT molecular complexity index is 1370. The number of rotatable bonds is 8. The van der Waals surface area contributed by atoms with Crippen LogP contribution in [0.2, 0.25) is 36.3 Å². The minimum atomic E-state index is -2.02. The van der Waals surface area contributed by atoms with E-state index in [1.807, 2.05) is 6.07 Å². The number of hydrogen-bond donors (Lipinski definition) is 1. The summed E-state index contributed by atoms with van der Waals surface area (Å²) < 4.78 is 57.6. The zero-order chi connectivity index (χ0) is 39.1. The van der Waals surface area contributed by atoms with Crippen LogP contribution in [-0.4, -0.2) is 90.4 Å². The van der Waals surface area contributed by atoms with E-state index < -0.39 is 40.5 Å². The van der Waals surface area contributed by atoms with Gasteiger partial charge in [-0.25, -0.2) is 13.6 Å². The first-order valence-electron chi connectivity index (χ1n) is 18.8. The van der Waals surface area contributed by atoms with Crippen molar-refractivity contribution in [1.82, 2.24) is 0 Å². The Hall–Kier alpha value is -2.00. The molecule has 2 unspecified atom stereocenters. The molecule has 302 valence electrons. The molecule has 0 bridgehead atoms. The van der Waals surface area contributed by atoms with Gasteiger partial charge in [0.15, 0.2) is 16.6 Å². The predicted octanol–water partition coefficient (Wildman–Crippen LogP) is 10.5. The Morgan fingerprint density at radius 1 is 0.925 bits per heavy atom. The lowest BCUT2D eigenvalue weighted by molar-refractivity contribution is 0.0476. The van der Waals surface area contributed by atoms with Gasteiger partial charge in [0, 0.05) is 32.5 Å². The number of benzene rings is 1. The molecule has 1 aromatic rings. The second-order valence-corrected chi connectivity index (χ2v) is 27.1. The number of carbonyl (C=O) groups is 1. The maximum absolute atomic E-state index is 14.7. The second kappa shape index (κ2) is 19.2. The van der Waals surface area contributed by atoms with Gasteiger partial charge >= 0.3 is 5.97 Å². The van der Waals surface area contributed by atoms with Gasteiger partial charge in [0.25, 0.3) is 0 Å². The number of aliphatic hydroxyl groups is 1. The molecule has 2 aliphatic heterocycles. The highest BCUT2D eigenvalue weighted by atomic mass is 28.4. The van der Waals surface area contributed by atoms with Crippen LogP contribution in [0.1, 0.15) is 97.9 Å². The lowest BCUT2D eigenvalue weighted by Gasteiger charge is -2.42. The molecular formula is C42H70F2O7Si2. The number of carbonyl (C=O) groups excluding carboxylic acids is 1. The average Bonchev–Trinajstić information content (AvgIpc) is 3.39. The van der Waals surface area contributed by atoms with E-state index in [2.05, 4.69) is 80.9 Å². The first kappa shape index (κ1) is 47.2. The molecule has 4 aliphatic rings. The summed E-state index contributed by atoms with van der Waals surface area (Å²) in [7, 11) is -3.90. The normalized spacial score (nSPS) is 28.3. The molecule has 0 amide bonds. The first-order valence-corrected chi connectivity index (χ1v) is 24.7. The van der Waals surface area contributed by atoms with Crippen LogP contribution in [0.25, 0.3) is 0 Å². The topological polar surface area (TPSA) is 86.8 Å². The van der Waals surface area contributed by atoms with Crippen LogP contribution in [0.4, 0.5) is 8.78 Å². The van der Waals surface area contributed by atoms with E-state index in [-0.39, 0.29) is 49.0 Å². The third-order valence-corrected chi connectivity index (χ3v) is 20.6. The number of aliphatic hydroxyl groups excluding tert-OH is 1. The Kier molecular flexibility index (Phi) is 17.1.